The van der Waals surface area contributed by atoms with Crippen molar-refractivity contribution in [2.24, 2.45) is 5.73 Å². The third-order valence-corrected chi connectivity index (χ3v) is 4.51. The summed E-state index contributed by atoms with van der Waals surface area (Å²) in [6.07, 6.45) is -0.339. The summed E-state index contributed by atoms with van der Waals surface area (Å²) in [6.45, 7) is 0.992. The highest BCUT2D eigenvalue weighted by Crippen LogP contribution is 2.27. The summed E-state index contributed by atoms with van der Waals surface area (Å²) in [6, 6.07) is 0.310. The molecule has 0 unspecified atom stereocenters. The lowest BCUT2D eigenvalue weighted by Gasteiger charge is -2.29. The number of rotatable bonds is 5. The zero-order valence-electron chi connectivity index (χ0n) is 14.9. The third-order valence-electron chi connectivity index (χ3n) is 4.51. The first-order chi connectivity index (χ1) is 13.1. The average Bonchev–Trinajstić information content (AvgIpc) is 3.03. The highest BCUT2D eigenvalue weighted by atomic mass is 19.3. The molecule has 1 aromatic heterocycles. The number of halogens is 5. The second-order valence-corrected chi connectivity index (χ2v) is 6.82. The number of carbonyl (C=O) groups excluding carboxylic acids is 1. The molecule has 0 radical (unpaired) electrons. The summed E-state index contributed by atoms with van der Waals surface area (Å²) in [5.41, 5.74) is 5.73. The summed E-state index contributed by atoms with van der Waals surface area (Å²) >= 11 is 0. The summed E-state index contributed by atoms with van der Waals surface area (Å²) in [4.78, 5) is 13.8. The van der Waals surface area contributed by atoms with Crippen LogP contribution in [0.15, 0.2) is 12.1 Å². The molecule has 11 heteroatoms. The quantitative estimate of drug-likeness (QED) is 0.597. The largest absolute Gasteiger partial charge is 0.333 e. The van der Waals surface area contributed by atoms with E-state index < -0.39 is 35.2 Å². The van der Waals surface area contributed by atoms with Gasteiger partial charge in [-0.25, -0.2) is 13.2 Å². The van der Waals surface area contributed by atoms with Crippen molar-refractivity contribution in [3.63, 3.8) is 0 Å². The molecule has 1 aromatic carbocycles. The monoisotopic (exact) mass is 419 g/mol. The Morgan fingerprint density at radius 2 is 1.83 bits per heavy atom. The van der Waals surface area contributed by atoms with Crippen molar-refractivity contribution >= 4 is 5.91 Å². The first kappa shape index (κ1) is 22.7. The molecule has 3 rings (SSSR count). The molecule has 1 amide bonds. The van der Waals surface area contributed by atoms with Crippen LogP contribution in [-0.2, 0) is 30.2 Å². The second-order valence-electron chi connectivity index (χ2n) is 6.82. The van der Waals surface area contributed by atoms with Crippen molar-refractivity contribution in [1.82, 2.24) is 19.7 Å². The van der Waals surface area contributed by atoms with E-state index in [1.165, 1.54) is 9.47 Å². The van der Waals surface area contributed by atoms with Gasteiger partial charge in [0.25, 0.3) is 0 Å². The van der Waals surface area contributed by atoms with Crippen LogP contribution < -0.4 is 5.73 Å². The standard InChI is InChI=1S/C17H18F5N5O.CH4/c1-17(21,22)16-25-24-14-8-26(2-3-27(14)16)15(28)6-10(23)4-9-5-12(19)13(20)7-11(9)18;/h5,7,10H,2-4,6,8,23H2,1H3;1H4/t10-;/m1./s1. The van der Waals surface area contributed by atoms with E-state index in [-0.39, 0.29) is 57.2 Å². The Morgan fingerprint density at radius 1 is 1.17 bits per heavy atom. The van der Waals surface area contributed by atoms with Crippen molar-refractivity contribution in [1.29, 1.82) is 0 Å². The maximum atomic E-state index is 13.7. The van der Waals surface area contributed by atoms with Gasteiger partial charge in [-0.1, -0.05) is 7.43 Å². The SMILES string of the molecule is C.CC(F)(F)c1nnc2n1CCN(C(=O)C[C@H](N)Cc1cc(F)c(F)cc1F)C2. The molecule has 2 N–H and O–H groups in total. The Kier molecular flexibility index (Phi) is 6.61. The summed E-state index contributed by atoms with van der Waals surface area (Å²) in [7, 11) is 0. The number of aromatic nitrogens is 3. The molecular formula is C18H22F5N5O. The predicted molar refractivity (Wildman–Crippen MR) is 94.4 cm³/mol. The number of nitrogens with two attached hydrogens (primary N) is 1. The van der Waals surface area contributed by atoms with E-state index in [4.69, 9.17) is 5.73 Å². The summed E-state index contributed by atoms with van der Waals surface area (Å²) in [5, 5.41) is 7.21. The van der Waals surface area contributed by atoms with Crippen LogP contribution >= 0.6 is 0 Å². The van der Waals surface area contributed by atoms with Crippen LogP contribution in [0.1, 0.15) is 38.0 Å². The average molecular weight is 419 g/mol. The summed E-state index contributed by atoms with van der Waals surface area (Å²) < 4.78 is 68.2. The van der Waals surface area contributed by atoms with Gasteiger partial charge in [0.15, 0.2) is 17.5 Å². The Labute approximate surface area is 164 Å². The minimum Gasteiger partial charge on any atom is -0.333 e. The van der Waals surface area contributed by atoms with Crippen molar-refractivity contribution in [2.75, 3.05) is 6.54 Å². The van der Waals surface area contributed by atoms with E-state index >= 15 is 0 Å². The molecular weight excluding hydrogens is 397 g/mol. The van der Waals surface area contributed by atoms with Gasteiger partial charge in [0.1, 0.15) is 5.82 Å². The van der Waals surface area contributed by atoms with E-state index in [2.05, 4.69) is 10.2 Å². The Balaban J connectivity index is 0.00000300. The molecule has 1 atom stereocenters. The van der Waals surface area contributed by atoms with Gasteiger partial charge in [-0.05, 0) is 18.1 Å². The van der Waals surface area contributed by atoms with Gasteiger partial charge in [-0.2, -0.15) is 8.78 Å². The van der Waals surface area contributed by atoms with E-state index in [0.29, 0.717) is 12.1 Å². The van der Waals surface area contributed by atoms with Gasteiger partial charge in [0.2, 0.25) is 11.7 Å². The van der Waals surface area contributed by atoms with E-state index in [1.807, 2.05) is 0 Å². The molecule has 0 bridgehead atoms. The fourth-order valence-electron chi connectivity index (χ4n) is 3.12. The predicted octanol–water partition coefficient (Wildman–Crippen LogP) is 2.75. The smallest absolute Gasteiger partial charge is 0.304 e. The van der Waals surface area contributed by atoms with Crippen molar-refractivity contribution in [3.05, 3.63) is 46.8 Å². The normalized spacial score (nSPS) is 14.9. The molecule has 0 fully saturated rings. The van der Waals surface area contributed by atoms with E-state index in [0.717, 1.165) is 6.92 Å². The number of amides is 1. The van der Waals surface area contributed by atoms with Gasteiger partial charge in [0, 0.05) is 38.5 Å². The fraction of sp³-hybridized carbons (Fsp3) is 0.500. The van der Waals surface area contributed by atoms with Gasteiger partial charge >= 0.3 is 5.92 Å². The van der Waals surface area contributed by atoms with Crippen molar-refractivity contribution in [2.45, 2.75) is 52.2 Å². The highest BCUT2D eigenvalue weighted by molar-refractivity contribution is 5.76. The van der Waals surface area contributed by atoms with Crippen molar-refractivity contribution in [3.8, 4) is 0 Å². The number of carbonyl (C=O) groups is 1. The lowest BCUT2D eigenvalue weighted by molar-refractivity contribution is -0.133. The second kappa shape index (κ2) is 8.44. The van der Waals surface area contributed by atoms with Gasteiger partial charge < -0.3 is 15.2 Å². The number of nitrogens with zero attached hydrogens (tertiary/aromatic N) is 4. The summed E-state index contributed by atoms with van der Waals surface area (Å²) in [5.74, 6) is -7.20. The van der Waals surface area contributed by atoms with Crippen LogP contribution in [0.2, 0.25) is 0 Å². The molecule has 160 valence electrons. The Bertz CT molecular complexity index is 895. The third kappa shape index (κ3) is 4.89. The van der Waals surface area contributed by atoms with Crippen molar-refractivity contribution < 1.29 is 26.7 Å². The molecule has 2 heterocycles. The molecule has 6 nitrogen and oxygen atoms in total. The van der Waals surface area contributed by atoms with Crippen LogP contribution in [0, 0.1) is 17.5 Å². The van der Waals surface area contributed by atoms with E-state index in [1.54, 1.807) is 0 Å². The molecule has 2 aromatic rings. The topological polar surface area (TPSA) is 77.0 Å². The number of hydrogen-bond donors (Lipinski definition) is 1. The lowest BCUT2D eigenvalue weighted by Crippen LogP contribution is -2.42. The van der Waals surface area contributed by atoms with Crippen LogP contribution in [0.3, 0.4) is 0 Å². The number of fused-ring (bicyclic) bond motifs is 1. The van der Waals surface area contributed by atoms with Gasteiger partial charge in [-0.15, -0.1) is 10.2 Å². The maximum Gasteiger partial charge on any atom is 0.304 e. The van der Waals surface area contributed by atoms with E-state index in [9.17, 15) is 26.7 Å². The fourth-order valence-corrected chi connectivity index (χ4v) is 3.12. The molecule has 0 aliphatic carbocycles. The van der Waals surface area contributed by atoms with Crippen LogP contribution in [-0.4, -0.2) is 38.2 Å². The number of hydrogen-bond acceptors (Lipinski definition) is 4. The zero-order valence-corrected chi connectivity index (χ0v) is 14.9. The maximum absolute atomic E-state index is 13.7. The molecule has 1 aliphatic rings. The molecule has 1 aliphatic heterocycles. The number of alkyl halides is 2. The number of benzene rings is 1. The highest BCUT2D eigenvalue weighted by Gasteiger charge is 2.35. The molecule has 0 saturated carbocycles. The van der Waals surface area contributed by atoms with Gasteiger partial charge in [-0.3, -0.25) is 4.79 Å². The molecule has 29 heavy (non-hydrogen) atoms. The zero-order chi connectivity index (χ0) is 20.6. The molecule has 0 saturated heterocycles. The first-order valence-electron chi connectivity index (χ1n) is 8.53. The Morgan fingerprint density at radius 3 is 2.48 bits per heavy atom. The van der Waals surface area contributed by atoms with Gasteiger partial charge in [0.05, 0.1) is 6.54 Å². The lowest BCUT2D eigenvalue weighted by atomic mass is 10.0. The first-order valence-corrected chi connectivity index (χ1v) is 8.53. The van der Waals surface area contributed by atoms with Crippen LogP contribution in [0.5, 0.6) is 0 Å². The van der Waals surface area contributed by atoms with Crippen LogP contribution in [0.4, 0.5) is 22.0 Å². The molecule has 0 spiro atoms. The Hall–Kier alpha value is -2.56. The minimum atomic E-state index is -3.14. The minimum absolute atomic E-state index is 0. The van der Waals surface area contributed by atoms with Crippen LogP contribution in [0.25, 0.3) is 0 Å².